The van der Waals surface area contributed by atoms with Gasteiger partial charge in [0.2, 0.25) is 0 Å². The lowest BCUT2D eigenvalue weighted by atomic mass is 9.99. The number of aliphatic hydroxyl groups is 4. The van der Waals surface area contributed by atoms with E-state index in [9.17, 15) is 30.0 Å². The summed E-state index contributed by atoms with van der Waals surface area (Å²) >= 11 is 0. The summed E-state index contributed by atoms with van der Waals surface area (Å²) in [5, 5.41) is 40.2. The first kappa shape index (κ1) is 57.2. The normalized spacial score (nSPS) is 19.9. The first-order valence-electron chi connectivity index (χ1n) is 25.4. The molecule has 358 valence electrons. The maximum absolute atomic E-state index is 12.8. The molecule has 1 heterocycles. The second-order valence-corrected chi connectivity index (χ2v) is 17.6. The Morgan fingerprint density at radius 3 is 1.33 bits per heavy atom. The summed E-state index contributed by atoms with van der Waals surface area (Å²) in [5.41, 5.74) is 0. The van der Waals surface area contributed by atoms with Crippen molar-refractivity contribution >= 4 is 11.9 Å². The summed E-state index contributed by atoms with van der Waals surface area (Å²) in [4.78, 5) is 25.4. The Bertz CT molecular complexity index is 1050. The van der Waals surface area contributed by atoms with Gasteiger partial charge in [-0.2, -0.15) is 0 Å². The molecule has 10 heteroatoms. The van der Waals surface area contributed by atoms with E-state index in [2.05, 4.69) is 38.2 Å². The van der Waals surface area contributed by atoms with Crippen molar-refractivity contribution in [1.29, 1.82) is 0 Å². The first-order valence-corrected chi connectivity index (χ1v) is 25.4. The lowest BCUT2D eigenvalue weighted by Crippen LogP contribution is -2.59. The van der Waals surface area contributed by atoms with Gasteiger partial charge in [-0.3, -0.25) is 9.59 Å². The van der Waals surface area contributed by atoms with Gasteiger partial charge in [0.25, 0.3) is 0 Å². The Labute approximate surface area is 373 Å². The SMILES string of the molecule is CCCC/C=C/CCCCCCCCCCCC(=O)O[C@@H](COC(=O)CCCCCCCCCCCCC/C=C/CCCCCCCC)CO[C@H]1O[C@@H](CO)[C@@H](O)C(O)C1O. The molecule has 0 aromatic carbocycles. The van der Waals surface area contributed by atoms with Crippen LogP contribution in [0.3, 0.4) is 0 Å². The average Bonchev–Trinajstić information content (AvgIpc) is 3.26. The maximum Gasteiger partial charge on any atom is 0.306 e. The second kappa shape index (κ2) is 42.1. The number of carbonyl (C=O) groups is 2. The fraction of sp³-hybridized carbons (Fsp3) is 0.882. The van der Waals surface area contributed by atoms with Crippen molar-refractivity contribution in [3.8, 4) is 0 Å². The summed E-state index contributed by atoms with van der Waals surface area (Å²) in [6, 6.07) is 0. The van der Waals surface area contributed by atoms with E-state index in [1.807, 2.05) is 0 Å². The average molecular weight is 867 g/mol. The predicted octanol–water partition coefficient (Wildman–Crippen LogP) is 11.7. The minimum atomic E-state index is -1.59. The lowest BCUT2D eigenvalue weighted by molar-refractivity contribution is -0.305. The van der Waals surface area contributed by atoms with Gasteiger partial charge in [0.1, 0.15) is 31.0 Å². The van der Waals surface area contributed by atoms with Crippen LogP contribution in [0.5, 0.6) is 0 Å². The van der Waals surface area contributed by atoms with Gasteiger partial charge in [-0.05, 0) is 57.8 Å². The zero-order valence-corrected chi connectivity index (χ0v) is 39.2. The molecular formula is C51H94O10. The molecule has 0 bridgehead atoms. The number of unbranched alkanes of at least 4 members (excludes halogenated alkanes) is 28. The van der Waals surface area contributed by atoms with Crippen LogP contribution in [0.1, 0.15) is 232 Å². The molecule has 61 heavy (non-hydrogen) atoms. The summed E-state index contributed by atoms with van der Waals surface area (Å²) in [7, 11) is 0. The molecule has 0 radical (unpaired) electrons. The van der Waals surface area contributed by atoms with Crippen LogP contribution in [0.15, 0.2) is 24.3 Å². The molecule has 1 rings (SSSR count). The monoisotopic (exact) mass is 867 g/mol. The van der Waals surface area contributed by atoms with E-state index in [4.69, 9.17) is 18.9 Å². The highest BCUT2D eigenvalue weighted by Crippen LogP contribution is 2.23. The van der Waals surface area contributed by atoms with Crippen LogP contribution < -0.4 is 0 Å². The largest absolute Gasteiger partial charge is 0.462 e. The van der Waals surface area contributed by atoms with Crippen molar-refractivity contribution in [1.82, 2.24) is 0 Å². The fourth-order valence-corrected chi connectivity index (χ4v) is 7.75. The van der Waals surface area contributed by atoms with Crippen molar-refractivity contribution in [2.75, 3.05) is 19.8 Å². The molecule has 1 saturated heterocycles. The molecule has 6 atom stereocenters. The highest BCUT2D eigenvalue weighted by atomic mass is 16.7. The highest BCUT2D eigenvalue weighted by Gasteiger charge is 2.44. The summed E-state index contributed by atoms with van der Waals surface area (Å²) in [5.74, 6) is -0.801. The smallest absolute Gasteiger partial charge is 0.306 e. The Balaban J connectivity index is 2.24. The molecule has 10 nitrogen and oxygen atoms in total. The Kier molecular flexibility index (Phi) is 39.5. The minimum absolute atomic E-state index is 0.215. The van der Waals surface area contributed by atoms with E-state index in [0.717, 1.165) is 38.5 Å². The van der Waals surface area contributed by atoms with Crippen molar-refractivity contribution in [2.24, 2.45) is 0 Å². The molecule has 1 fully saturated rings. The number of esters is 2. The van der Waals surface area contributed by atoms with E-state index >= 15 is 0 Å². The Morgan fingerprint density at radius 1 is 0.492 bits per heavy atom. The van der Waals surface area contributed by atoms with Gasteiger partial charge in [0.05, 0.1) is 13.2 Å². The van der Waals surface area contributed by atoms with Crippen molar-refractivity contribution in [2.45, 2.75) is 269 Å². The second-order valence-electron chi connectivity index (χ2n) is 17.6. The van der Waals surface area contributed by atoms with E-state index in [-0.39, 0.29) is 32.0 Å². The topological polar surface area (TPSA) is 152 Å². The summed E-state index contributed by atoms with van der Waals surface area (Å²) in [6.07, 6.45) is 40.4. The third-order valence-corrected chi connectivity index (χ3v) is 11.8. The number of rotatable bonds is 43. The van der Waals surface area contributed by atoms with E-state index < -0.39 is 49.4 Å². The molecule has 0 amide bonds. The molecule has 0 aromatic rings. The Morgan fingerprint density at radius 2 is 0.885 bits per heavy atom. The van der Waals surface area contributed by atoms with Crippen LogP contribution in [0, 0.1) is 0 Å². The third kappa shape index (κ3) is 33.4. The van der Waals surface area contributed by atoms with E-state index in [1.54, 1.807) is 0 Å². The maximum atomic E-state index is 12.8. The van der Waals surface area contributed by atoms with Gasteiger partial charge in [-0.15, -0.1) is 0 Å². The molecule has 0 saturated carbocycles. The lowest BCUT2D eigenvalue weighted by Gasteiger charge is -2.39. The summed E-state index contributed by atoms with van der Waals surface area (Å²) in [6.45, 7) is 3.42. The van der Waals surface area contributed by atoms with Gasteiger partial charge in [0.15, 0.2) is 12.4 Å². The number of hydrogen-bond acceptors (Lipinski definition) is 10. The van der Waals surface area contributed by atoms with Crippen molar-refractivity contribution in [3.05, 3.63) is 24.3 Å². The van der Waals surface area contributed by atoms with Crippen molar-refractivity contribution < 1.29 is 49.0 Å². The van der Waals surface area contributed by atoms with E-state index in [1.165, 1.54) is 161 Å². The molecule has 1 aliphatic rings. The number of carbonyl (C=O) groups excluding carboxylic acids is 2. The predicted molar refractivity (Wildman–Crippen MR) is 247 cm³/mol. The highest BCUT2D eigenvalue weighted by molar-refractivity contribution is 5.70. The van der Waals surface area contributed by atoms with Crippen LogP contribution in [0.4, 0.5) is 0 Å². The summed E-state index contributed by atoms with van der Waals surface area (Å²) < 4.78 is 22.2. The standard InChI is InChI=1S/C51H94O10/c1-3-5-7-9-11-13-15-17-19-20-21-22-23-24-26-27-29-31-33-35-37-39-46(53)58-42-44(43-59-51-50(57)49(56)48(55)45(41-52)61-51)60-47(54)40-38-36-34-32-30-28-25-18-16-14-12-10-8-6-4-2/h10,12,17,19,44-45,48-52,55-57H,3-9,11,13-16,18,20-43H2,1-2H3/b12-10+,19-17+/t44-,45-,48+,49?,50?,51-/m0/s1. The molecule has 2 unspecified atom stereocenters. The molecule has 0 spiro atoms. The third-order valence-electron chi connectivity index (χ3n) is 11.8. The van der Waals surface area contributed by atoms with Crippen molar-refractivity contribution in [3.63, 3.8) is 0 Å². The number of allylic oxidation sites excluding steroid dienone is 4. The minimum Gasteiger partial charge on any atom is -0.462 e. The molecule has 1 aliphatic heterocycles. The van der Waals surface area contributed by atoms with E-state index in [0.29, 0.717) is 6.42 Å². The molecule has 4 N–H and O–H groups in total. The number of aliphatic hydroxyl groups excluding tert-OH is 4. The quantitative estimate of drug-likeness (QED) is 0.0265. The first-order chi connectivity index (χ1) is 29.8. The van der Waals surface area contributed by atoms with Gasteiger partial charge >= 0.3 is 11.9 Å². The zero-order valence-electron chi connectivity index (χ0n) is 39.2. The van der Waals surface area contributed by atoms with Gasteiger partial charge < -0.3 is 39.4 Å². The fourth-order valence-electron chi connectivity index (χ4n) is 7.75. The van der Waals surface area contributed by atoms with Crippen LogP contribution in [-0.2, 0) is 28.5 Å². The van der Waals surface area contributed by atoms with Crippen LogP contribution in [-0.4, -0.2) is 89.0 Å². The van der Waals surface area contributed by atoms with Gasteiger partial charge in [-0.25, -0.2) is 0 Å². The number of ether oxygens (including phenoxy) is 4. The van der Waals surface area contributed by atoms with Crippen LogP contribution in [0.2, 0.25) is 0 Å². The molecular weight excluding hydrogens is 773 g/mol. The van der Waals surface area contributed by atoms with Gasteiger partial charge in [-0.1, -0.05) is 186 Å². The molecule has 0 aliphatic carbocycles. The van der Waals surface area contributed by atoms with Crippen LogP contribution in [0.25, 0.3) is 0 Å². The molecule has 0 aromatic heterocycles. The zero-order chi connectivity index (χ0) is 44.4. The van der Waals surface area contributed by atoms with Crippen LogP contribution >= 0.6 is 0 Å². The Hall–Kier alpha value is -1.82. The number of hydrogen-bond donors (Lipinski definition) is 4. The van der Waals surface area contributed by atoms with Gasteiger partial charge in [0, 0.05) is 12.8 Å².